The van der Waals surface area contributed by atoms with Crippen LogP contribution in [0.4, 0.5) is 0 Å². The number of aliphatic hydroxyl groups is 1. The van der Waals surface area contributed by atoms with E-state index in [4.69, 9.17) is 9.84 Å². The lowest BCUT2D eigenvalue weighted by molar-refractivity contribution is -0.120. The quantitative estimate of drug-likeness (QED) is 0.819. The summed E-state index contributed by atoms with van der Waals surface area (Å²) in [4.78, 5) is 16.0. The molecule has 0 aliphatic rings. The number of hydrogen-bond donors (Lipinski definition) is 2. The molecular weight excluding hydrogens is 300 g/mol. The van der Waals surface area contributed by atoms with E-state index in [2.05, 4.69) is 10.3 Å². The number of carbonyl (C=O) groups excluding carboxylic acids is 1. The molecule has 1 heterocycles. The fourth-order valence-electron chi connectivity index (χ4n) is 1.76. The Kier molecular flexibility index (Phi) is 5.91. The molecule has 0 spiro atoms. The number of aromatic nitrogens is 1. The molecule has 1 amide bonds. The van der Waals surface area contributed by atoms with Crippen molar-refractivity contribution in [1.82, 2.24) is 10.3 Å². The van der Waals surface area contributed by atoms with Gasteiger partial charge in [0.15, 0.2) is 0 Å². The standard InChI is InChI=1S/C16H20N2O3S/c1-11-3-5-14(6-4-11)21-9-16-18-13(10-22-16)7-15(20)17-8-12(2)19/h3-6,10,12,19H,7-9H2,1-2H3,(H,17,20)/t12-/m0/s1. The second kappa shape index (κ2) is 7.91. The molecule has 22 heavy (non-hydrogen) atoms. The van der Waals surface area contributed by atoms with Crippen molar-refractivity contribution in [3.8, 4) is 5.75 Å². The third kappa shape index (κ3) is 5.46. The number of thiazole rings is 1. The van der Waals surface area contributed by atoms with Gasteiger partial charge in [0, 0.05) is 11.9 Å². The number of carbonyl (C=O) groups is 1. The van der Waals surface area contributed by atoms with Crippen LogP contribution >= 0.6 is 11.3 Å². The van der Waals surface area contributed by atoms with E-state index < -0.39 is 6.10 Å². The molecule has 2 aromatic rings. The molecule has 1 atom stereocenters. The summed E-state index contributed by atoms with van der Waals surface area (Å²) >= 11 is 1.47. The molecule has 0 unspecified atom stereocenters. The molecule has 0 radical (unpaired) electrons. The largest absolute Gasteiger partial charge is 0.486 e. The molecule has 118 valence electrons. The third-order valence-electron chi connectivity index (χ3n) is 2.92. The van der Waals surface area contributed by atoms with Crippen molar-refractivity contribution >= 4 is 17.2 Å². The Morgan fingerprint density at radius 1 is 1.41 bits per heavy atom. The molecular formula is C16H20N2O3S. The lowest BCUT2D eigenvalue weighted by Crippen LogP contribution is -2.31. The minimum absolute atomic E-state index is 0.141. The van der Waals surface area contributed by atoms with Gasteiger partial charge in [-0.2, -0.15) is 0 Å². The Labute approximate surface area is 134 Å². The number of aliphatic hydroxyl groups excluding tert-OH is 1. The van der Waals surface area contributed by atoms with E-state index in [9.17, 15) is 4.79 Å². The number of amides is 1. The average Bonchev–Trinajstić information content (AvgIpc) is 2.92. The van der Waals surface area contributed by atoms with Crippen LogP contribution in [0, 0.1) is 6.92 Å². The maximum Gasteiger partial charge on any atom is 0.226 e. The molecule has 0 saturated carbocycles. The number of nitrogens with one attached hydrogen (secondary N) is 1. The van der Waals surface area contributed by atoms with E-state index in [1.807, 2.05) is 36.6 Å². The maximum absolute atomic E-state index is 11.6. The van der Waals surface area contributed by atoms with E-state index in [1.54, 1.807) is 6.92 Å². The normalized spacial score (nSPS) is 12.0. The van der Waals surface area contributed by atoms with Gasteiger partial charge < -0.3 is 15.2 Å². The highest BCUT2D eigenvalue weighted by atomic mass is 32.1. The second-order valence-electron chi connectivity index (χ2n) is 5.16. The molecule has 0 aliphatic heterocycles. The summed E-state index contributed by atoms with van der Waals surface area (Å²) in [6.07, 6.45) is -0.328. The Bertz CT molecular complexity index is 608. The minimum Gasteiger partial charge on any atom is -0.486 e. The van der Waals surface area contributed by atoms with Crippen molar-refractivity contribution in [2.24, 2.45) is 0 Å². The van der Waals surface area contributed by atoms with Crippen LogP contribution in [0.15, 0.2) is 29.6 Å². The first-order chi connectivity index (χ1) is 10.5. The molecule has 2 rings (SSSR count). The van der Waals surface area contributed by atoms with Gasteiger partial charge in [-0.3, -0.25) is 4.79 Å². The monoisotopic (exact) mass is 320 g/mol. The highest BCUT2D eigenvalue weighted by Gasteiger charge is 2.09. The summed E-state index contributed by atoms with van der Waals surface area (Å²) in [7, 11) is 0. The van der Waals surface area contributed by atoms with Gasteiger partial charge >= 0.3 is 0 Å². The summed E-state index contributed by atoms with van der Waals surface area (Å²) in [5.41, 5.74) is 1.91. The lowest BCUT2D eigenvalue weighted by atomic mass is 10.2. The Balaban J connectivity index is 1.81. The van der Waals surface area contributed by atoms with Crippen LogP contribution in [0.3, 0.4) is 0 Å². The summed E-state index contributed by atoms with van der Waals surface area (Å²) in [6, 6.07) is 7.84. The van der Waals surface area contributed by atoms with Crippen molar-refractivity contribution in [2.75, 3.05) is 6.54 Å². The third-order valence-corrected chi connectivity index (χ3v) is 3.79. The zero-order valence-electron chi connectivity index (χ0n) is 12.7. The molecule has 0 saturated heterocycles. The van der Waals surface area contributed by atoms with E-state index in [-0.39, 0.29) is 18.9 Å². The van der Waals surface area contributed by atoms with Crippen LogP contribution in [0.5, 0.6) is 5.75 Å². The van der Waals surface area contributed by atoms with E-state index in [0.717, 1.165) is 16.5 Å². The van der Waals surface area contributed by atoms with Crippen molar-refractivity contribution in [3.63, 3.8) is 0 Å². The van der Waals surface area contributed by atoms with Gasteiger partial charge in [-0.05, 0) is 26.0 Å². The van der Waals surface area contributed by atoms with Crippen LogP contribution in [-0.4, -0.2) is 28.6 Å². The zero-order valence-corrected chi connectivity index (χ0v) is 13.5. The molecule has 0 aliphatic carbocycles. The van der Waals surface area contributed by atoms with Crippen molar-refractivity contribution < 1.29 is 14.6 Å². The zero-order chi connectivity index (χ0) is 15.9. The molecule has 2 N–H and O–H groups in total. The number of ether oxygens (including phenoxy) is 1. The molecule has 1 aromatic heterocycles. The number of nitrogens with zero attached hydrogens (tertiary/aromatic N) is 1. The van der Waals surface area contributed by atoms with Crippen LogP contribution < -0.4 is 10.1 Å². The molecule has 0 bridgehead atoms. The van der Waals surface area contributed by atoms with Gasteiger partial charge in [-0.25, -0.2) is 4.98 Å². The topological polar surface area (TPSA) is 71.5 Å². The van der Waals surface area contributed by atoms with Crippen LogP contribution in [0.25, 0.3) is 0 Å². The summed E-state index contributed by atoms with van der Waals surface area (Å²) in [5.74, 6) is 0.661. The fourth-order valence-corrected chi connectivity index (χ4v) is 2.47. The highest BCUT2D eigenvalue weighted by Crippen LogP contribution is 2.16. The molecule has 6 heteroatoms. The Hall–Kier alpha value is -1.92. The van der Waals surface area contributed by atoms with E-state index >= 15 is 0 Å². The first kappa shape index (κ1) is 16.5. The van der Waals surface area contributed by atoms with Crippen molar-refractivity contribution in [2.45, 2.75) is 33.0 Å². The lowest BCUT2D eigenvalue weighted by Gasteiger charge is -2.05. The smallest absolute Gasteiger partial charge is 0.226 e. The number of aryl methyl sites for hydroxylation is 1. The molecule has 5 nitrogen and oxygen atoms in total. The van der Waals surface area contributed by atoms with Gasteiger partial charge in [-0.1, -0.05) is 17.7 Å². The van der Waals surface area contributed by atoms with Crippen molar-refractivity contribution in [1.29, 1.82) is 0 Å². The number of hydrogen-bond acceptors (Lipinski definition) is 5. The first-order valence-corrected chi connectivity index (χ1v) is 7.98. The summed E-state index contributed by atoms with van der Waals surface area (Å²) in [5, 5.41) is 14.5. The Morgan fingerprint density at radius 2 is 2.14 bits per heavy atom. The van der Waals surface area contributed by atoms with Gasteiger partial charge in [0.05, 0.1) is 18.2 Å². The summed E-state index contributed by atoms with van der Waals surface area (Å²) < 4.78 is 5.66. The molecule has 1 aromatic carbocycles. The van der Waals surface area contributed by atoms with Gasteiger partial charge in [-0.15, -0.1) is 11.3 Å². The van der Waals surface area contributed by atoms with Crippen molar-refractivity contribution in [3.05, 3.63) is 45.9 Å². The van der Waals surface area contributed by atoms with Crippen LogP contribution in [-0.2, 0) is 17.8 Å². The number of benzene rings is 1. The SMILES string of the molecule is Cc1ccc(OCc2nc(CC(=O)NC[C@H](C)O)cs2)cc1. The fraction of sp³-hybridized carbons (Fsp3) is 0.375. The van der Waals surface area contributed by atoms with Crippen LogP contribution in [0.1, 0.15) is 23.2 Å². The Morgan fingerprint density at radius 3 is 2.82 bits per heavy atom. The van der Waals surface area contributed by atoms with Gasteiger partial charge in [0.25, 0.3) is 0 Å². The predicted molar refractivity (Wildman–Crippen MR) is 86.0 cm³/mol. The number of rotatable bonds is 7. The first-order valence-electron chi connectivity index (χ1n) is 7.10. The minimum atomic E-state index is -0.544. The average molecular weight is 320 g/mol. The van der Waals surface area contributed by atoms with E-state index in [1.165, 1.54) is 16.9 Å². The van der Waals surface area contributed by atoms with Crippen LogP contribution in [0.2, 0.25) is 0 Å². The maximum atomic E-state index is 11.6. The van der Waals surface area contributed by atoms with Gasteiger partial charge in [0.2, 0.25) is 5.91 Å². The summed E-state index contributed by atoms with van der Waals surface area (Å²) in [6.45, 7) is 4.30. The predicted octanol–water partition coefficient (Wildman–Crippen LogP) is 2.07. The van der Waals surface area contributed by atoms with Gasteiger partial charge in [0.1, 0.15) is 17.4 Å². The highest BCUT2D eigenvalue weighted by molar-refractivity contribution is 7.09. The van der Waals surface area contributed by atoms with E-state index in [0.29, 0.717) is 6.61 Å². The second-order valence-corrected chi connectivity index (χ2v) is 6.11. The molecule has 0 fully saturated rings.